The third-order valence-electron chi connectivity index (χ3n) is 1.77. The molecule has 0 bridgehead atoms. The first-order chi connectivity index (χ1) is 7.70. The number of hydrazine groups is 1. The lowest BCUT2D eigenvalue weighted by Gasteiger charge is -2.25. The summed E-state index contributed by atoms with van der Waals surface area (Å²) in [6.45, 7) is 0. The maximum atomic E-state index is 10.9. The van der Waals surface area contributed by atoms with Gasteiger partial charge in [-0.25, -0.2) is 9.59 Å². The summed E-state index contributed by atoms with van der Waals surface area (Å²) in [7, 11) is 0. The summed E-state index contributed by atoms with van der Waals surface area (Å²) in [5.41, 5.74) is 2.84. The molecule has 0 aliphatic carbocycles. The van der Waals surface area contributed by atoms with Gasteiger partial charge in [0.05, 0.1) is 17.3 Å². The minimum absolute atomic E-state index is 0.361. The molecule has 0 unspecified atom stereocenters. The van der Waals surface area contributed by atoms with Crippen molar-refractivity contribution < 1.29 is 19.3 Å². The van der Waals surface area contributed by atoms with Crippen molar-refractivity contribution in [3.05, 3.63) is 29.8 Å². The van der Waals surface area contributed by atoms with Crippen molar-refractivity contribution in [3.63, 3.8) is 0 Å². The van der Waals surface area contributed by atoms with Crippen LogP contribution in [0, 0.1) is 11.3 Å². The van der Waals surface area contributed by atoms with E-state index in [4.69, 9.17) is 5.26 Å². The molecule has 1 heterocycles. The molecule has 1 saturated heterocycles. The molecule has 1 aromatic rings. The predicted octanol–water partition coefficient (Wildman–Crippen LogP) is -0.201. The second-order valence-electron chi connectivity index (χ2n) is 2.82. The van der Waals surface area contributed by atoms with E-state index in [9.17, 15) is 9.59 Å². The largest absolute Gasteiger partial charge is 0.444 e. The molecule has 1 aromatic carbocycles. The third-order valence-corrected chi connectivity index (χ3v) is 1.77. The van der Waals surface area contributed by atoms with Crippen LogP contribution >= 0.6 is 0 Å². The maximum Gasteiger partial charge on any atom is 0.444 e. The van der Waals surface area contributed by atoms with Gasteiger partial charge in [-0.3, -0.25) is 0 Å². The molecular weight excluding hydrogens is 214 g/mol. The minimum Gasteiger partial charge on any atom is -0.338 e. The van der Waals surface area contributed by atoms with Crippen molar-refractivity contribution in [2.45, 2.75) is 0 Å². The second-order valence-corrected chi connectivity index (χ2v) is 2.82. The van der Waals surface area contributed by atoms with E-state index in [1.165, 1.54) is 6.07 Å². The molecule has 0 aromatic heterocycles. The first-order valence-electron chi connectivity index (χ1n) is 4.20. The Kier molecular flexibility index (Phi) is 2.41. The highest BCUT2D eigenvalue weighted by molar-refractivity contribution is 6.30. The molecule has 1 N–H and O–H groups in total. The summed E-state index contributed by atoms with van der Waals surface area (Å²) in [5, 5.41) is 9.52. The Morgan fingerprint density at radius 2 is 2.12 bits per heavy atom. The SMILES string of the molecule is N#Cc1cccc(N2NOC(=O)C(=O)O2)c1. The Morgan fingerprint density at radius 3 is 2.81 bits per heavy atom. The fraction of sp³-hybridized carbons (Fsp3) is 0. The highest BCUT2D eigenvalue weighted by atomic mass is 16.9. The molecule has 0 saturated carbocycles. The van der Waals surface area contributed by atoms with Crippen LogP contribution in [0.1, 0.15) is 5.56 Å². The number of hydrogen-bond donors (Lipinski definition) is 1. The van der Waals surface area contributed by atoms with E-state index in [2.05, 4.69) is 15.3 Å². The molecule has 0 spiro atoms. The Balaban J connectivity index is 2.22. The van der Waals surface area contributed by atoms with E-state index in [1.807, 2.05) is 6.07 Å². The lowest BCUT2D eigenvalue weighted by molar-refractivity contribution is -0.192. The van der Waals surface area contributed by atoms with Crippen molar-refractivity contribution >= 4 is 17.6 Å². The number of carbonyl (C=O) groups is 2. The number of nitrogens with zero attached hydrogens (tertiary/aromatic N) is 2. The molecular formula is C9H5N3O4. The number of hydrogen-bond acceptors (Lipinski definition) is 7. The van der Waals surface area contributed by atoms with Gasteiger partial charge in [0, 0.05) is 0 Å². The molecule has 7 nitrogen and oxygen atoms in total. The van der Waals surface area contributed by atoms with E-state index in [1.54, 1.807) is 18.2 Å². The normalized spacial score (nSPS) is 15.1. The molecule has 2 rings (SSSR count). The number of carbonyl (C=O) groups excluding carboxylic acids is 2. The second kappa shape index (κ2) is 3.88. The lowest BCUT2D eigenvalue weighted by atomic mass is 10.2. The Hall–Kier alpha value is -2.59. The molecule has 1 aliphatic rings. The van der Waals surface area contributed by atoms with Crippen LogP contribution in [0.15, 0.2) is 24.3 Å². The van der Waals surface area contributed by atoms with Crippen LogP contribution in [0.5, 0.6) is 0 Å². The maximum absolute atomic E-state index is 10.9. The van der Waals surface area contributed by atoms with Gasteiger partial charge in [0.25, 0.3) is 0 Å². The van der Waals surface area contributed by atoms with Crippen LogP contribution in [-0.2, 0) is 19.3 Å². The molecule has 0 amide bonds. The van der Waals surface area contributed by atoms with Gasteiger partial charge >= 0.3 is 11.9 Å². The van der Waals surface area contributed by atoms with Crippen LogP contribution in [0.25, 0.3) is 0 Å². The minimum atomic E-state index is -1.14. The number of nitriles is 1. The zero-order chi connectivity index (χ0) is 11.5. The molecule has 7 heteroatoms. The van der Waals surface area contributed by atoms with E-state index >= 15 is 0 Å². The zero-order valence-electron chi connectivity index (χ0n) is 7.84. The average molecular weight is 219 g/mol. The number of rotatable bonds is 1. The fourth-order valence-electron chi connectivity index (χ4n) is 1.07. The highest BCUT2D eigenvalue weighted by Gasteiger charge is 2.29. The smallest absolute Gasteiger partial charge is 0.338 e. The van der Waals surface area contributed by atoms with Crippen LogP contribution in [-0.4, -0.2) is 11.9 Å². The predicted molar refractivity (Wildman–Crippen MR) is 49.0 cm³/mol. The number of nitrogens with one attached hydrogen (secondary N) is 1. The fourth-order valence-corrected chi connectivity index (χ4v) is 1.07. The van der Waals surface area contributed by atoms with Crippen molar-refractivity contribution in [3.8, 4) is 6.07 Å². The summed E-state index contributed by atoms with van der Waals surface area (Å²) in [6.07, 6.45) is 0. The van der Waals surface area contributed by atoms with Gasteiger partial charge in [0.15, 0.2) is 0 Å². The van der Waals surface area contributed by atoms with Gasteiger partial charge in [0.2, 0.25) is 0 Å². The highest BCUT2D eigenvalue weighted by Crippen LogP contribution is 2.16. The van der Waals surface area contributed by atoms with Gasteiger partial charge in [-0.2, -0.15) is 5.26 Å². The summed E-state index contributed by atoms with van der Waals surface area (Å²) in [5.74, 6) is -2.27. The Morgan fingerprint density at radius 1 is 1.31 bits per heavy atom. The molecule has 80 valence electrons. The molecule has 0 atom stereocenters. The summed E-state index contributed by atoms with van der Waals surface area (Å²) >= 11 is 0. The van der Waals surface area contributed by atoms with Gasteiger partial charge in [-0.05, 0) is 23.8 Å². The van der Waals surface area contributed by atoms with Crippen molar-refractivity contribution in [1.29, 1.82) is 5.26 Å². The van der Waals surface area contributed by atoms with Gasteiger partial charge in [-0.1, -0.05) is 6.07 Å². The first kappa shape index (κ1) is 9.95. The van der Waals surface area contributed by atoms with E-state index in [0.717, 1.165) is 5.17 Å². The first-order valence-corrected chi connectivity index (χ1v) is 4.20. The average Bonchev–Trinajstić information content (AvgIpc) is 2.33. The number of anilines is 1. The summed E-state index contributed by atoms with van der Waals surface area (Å²) < 4.78 is 0. The molecule has 16 heavy (non-hydrogen) atoms. The molecule has 0 radical (unpaired) electrons. The van der Waals surface area contributed by atoms with Crippen LogP contribution in [0.3, 0.4) is 0 Å². The third kappa shape index (κ3) is 1.77. The summed E-state index contributed by atoms with van der Waals surface area (Å²) in [6, 6.07) is 8.13. The topological polar surface area (TPSA) is 91.7 Å². The standard InChI is InChI=1S/C9H5N3O4/c10-5-6-2-1-3-7(4-6)12-11-15-8(13)9(14)16-12/h1-4,11H. The Bertz CT molecular complexity index is 494. The van der Waals surface area contributed by atoms with Crippen LogP contribution in [0.2, 0.25) is 0 Å². The monoisotopic (exact) mass is 219 g/mol. The lowest BCUT2D eigenvalue weighted by Crippen LogP contribution is -2.49. The van der Waals surface area contributed by atoms with Crippen molar-refractivity contribution in [1.82, 2.24) is 5.59 Å². The van der Waals surface area contributed by atoms with Crippen molar-refractivity contribution in [2.24, 2.45) is 0 Å². The van der Waals surface area contributed by atoms with Gasteiger partial charge < -0.3 is 9.68 Å². The quantitative estimate of drug-likeness (QED) is 0.654. The van der Waals surface area contributed by atoms with Crippen LogP contribution < -0.4 is 10.8 Å². The van der Waals surface area contributed by atoms with Crippen LogP contribution in [0.4, 0.5) is 5.69 Å². The van der Waals surface area contributed by atoms with E-state index < -0.39 is 11.9 Å². The molecule has 1 fully saturated rings. The van der Waals surface area contributed by atoms with Crippen molar-refractivity contribution in [2.75, 3.05) is 5.17 Å². The zero-order valence-corrected chi connectivity index (χ0v) is 7.84. The molecule has 1 aliphatic heterocycles. The number of benzene rings is 1. The summed E-state index contributed by atoms with van der Waals surface area (Å²) in [4.78, 5) is 30.4. The Labute approximate surface area is 89.7 Å². The van der Waals surface area contributed by atoms with Gasteiger partial charge in [-0.15, -0.1) is 5.17 Å². The van der Waals surface area contributed by atoms with E-state index in [-0.39, 0.29) is 0 Å². The van der Waals surface area contributed by atoms with Gasteiger partial charge in [0.1, 0.15) is 0 Å². The van der Waals surface area contributed by atoms with E-state index in [0.29, 0.717) is 11.3 Å².